The molecule has 0 radical (unpaired) electrons. The van der Waals surface area contributed by atoms with Crippen molar-refractivity contribution in [2.45, 2.75) is 108 Å². The molecule has 5 heterocycles. The molecule has 3 aromatic carbocycles. The van der Waals surface area contributed by atoms with Crippen molar-refractivity contribution in [3.05, 3.63) is 64.8 Å². The highest BCUT2D eigenvalue weighted by Crippen LogP contribution is 2.45. The van der Waals surface area contributed by atoms with Gasteiger partial charge >= 0.3 is 12.2 Å². The number of nitrogens with one attached hydrogen (secondary N) is 4. The zero-order valence-corrected chi connectivity index (χ0v) is 37.3. The van der Waals surface area contributed by atoms with E-state index in [2.05, 4.69) is 32.7 Å². The molecule has 4 amide bonds. The van der Waals surface area contributed by atoms with E-state index in [0.717, 1.165) is 62.7 Å². The van der Waals surface area contributed by atoms with Crippen molar-refractivity contribution in [2.24, 2.45) is 0 Å². The second-order valence-corrected chi connectivity index (χ2v) is 16.9. The number of hydrogen-bond acceptors (Lipinski definition) is 11. The Bertz CT molecular complexity index is 2580. The first-order valence-electron chi connectivity index (χ1n) is 21.1. The van der Waals surface area contributed by atoms with E-state index >= 15 is 0 Å². The number of likely N-dealkylation sites (tertiary alicyclic amines) is 2. The highest BCUT2D eigenvalue weighted by atomic mass is 35.5. The van der Waals surface area contributed by atoms with Gasteiger partial charge in [0.25, 0.3) is 0 Å². The monoisotopic (exact) mass is 884 g/mol. The number of fused-ring (bicyclic) bond motifs is 6. The predicted molar refractivity (Wildman–Crippen MR) is 234 cm³/mol. The molecule has 0 spiro atoms. The number of hydrogen-bond donors (Lipinski definition) is 4. The van der Waals surface area contributed by atoms with E-state index in [1.54, 1.807) is 23.6 Å². The highest BCUT2D eigenvalue weighted by Gasteiger charge is 2.44. The SMILES string of the molecule is COC(=O)NC(C(=O)N1[C@@H](C)CC[C@H]1c1nc2ccc3cc4c(cc3c2[nH]1)OCc1cc(-c2[nH]c([C@@H]3CC[C@H](C)N3C(=O)[C@@H](NC(=O)OC)[C@@H](C)OC)nc2Cl)ccc1-4)[C@@H](C)OC. The first-order valence-corrected chi connectivity index (χ1v) is 21.5. The van der Waals surface area contributed by atoms with E-state index in [1.165, 1.54) is 28.4 Å². The van der Waals surface area contributed by atoms with Crippen LogP contribution in [0.2, 0.25) is 5.15 Å². The summed E-state index contributed by atoms with van der Waals surface area (Å²) in [7, 11) is 5.49. The highest BCUT2D eigenvalue weighted by molar-refractivity contribution is 6.32. The van der Waals surface area contributed by atoms with Crippen molar-refractivity contribution in [3.8, 4) is 28.1 Å². The minimum Gasteiger partial charge on any atom is -0.488 e. The van der Waals surface area contributed by atoms with Crippen LogP contribution >= 0.6 is 11.6 Å². The number of halogens is 1. The average molecular weight is 885 g/mol. The maximum Gasteiger partial charge on any atom is 0.407 e. The maximum atomic E-state index is 14.1. The number of benzene rings is 3. The number of ether oxygens (including phenoxy) is 5. The Morgan fingerprint density at radius 1 is 0.762 bits per heavy atom. The summed E-state index contributed by atoms with van der Waals surface area (Å²) < 4.78 is 27.0. The first kappa shape index (κ1) is 43.7. The number of amides is 4. The number of alkyl carbamates (subject to hydrolysis) is 2. The number of carbonyl (C=O) groups excluding carboxylic acids is 4. The molecule has 2 saturated heterocycles. The second-order valence-electron chi connectivity index (χ2n) is 16.6. The molecule has 3 aliphatic rings. The molecule has 8 atom stereocenters. The number of nitrogens with zero attached hydrogens (tertiary/aromatic N) is 4. The van der Waals surface area contributed by atoms with Crippen LogP contribution < -0.4 is 15.4 Å². The van der Waals surface area contributed by atoms with Crippen LogP contribution in [-0.2, 0) is 35.1 Å². The van der Waals surface area contributed by atoms with Gasteiger partial charge in [-0.25, -0.2) is 19.6 Å². The Hall–Kier alpha value is -5.91. The number of imidazole rings is 2. The first-order chi connectivity index (χ1) is 30.3. The van der Waals surface area contributed by atoms with Crippen molar-refractivity contribution < 1.29 is 42.9 Å². The van der Waals surface area contributed by atoms with Gasteiger partial charge in [-0.3, -0.25) is 9.59 Å². The van der Waals surface area contributed by atoms with Gasteiger partial charge in [0.15, 0.2) is 5.15 Å². The summed E-state index contributed by atoms with van der Waals surface area (Å²) in [6.07, 6.45) is 0.214. The van der Waals surface area contributed by atoms with Crippen molar-refractivity contribution in [2.75, 3.05) is 28.4 Å². The van der Waals surface area contributed by atoms with E-state index in [1.807, 2.05) is 44.2 Å². The van der Waals surface area contributed by atoms with Gasteiger partial charge in [-0.15, -0.1) is 0 Å². The molecule has 334 valence electrons. The molecule has 18 heteroatoms. The fraction of sp³-hybridized carbons (Fsp3) is 0.467. The minimum absolute atomic E-state index is 0.0931. The van der Waals surface area contributed by atoms with Gasteiger partial charge in [0.05, 0.1) is 55.2 Å². The van der Waals surface area contributed by atoms with E-state index in [-0.39, 0.29) is 35.1 Å². The number of carbonyl (C=O) groups is 4. The van der Waals surface area contributed by atoms with Gasteiger partial charge in [-0.1, -0.05) is 29.8 Å². The number of aromatic nitrogens is 4. The van der Waals surface area contributed by atoms with Gasteiger partial charge < -0.3 is 54.1 Å². The van der Waals surface area contributed by atoms with Crippen LogP contribution in [0.1, 0.15) is 82.7 Å². The molecular formula is C45H53ClN8O9. The smallest absolute Gasteiger partial charge is 0.407 e. The Kier molecular flexibility index (Phi) is 12.3. The second kappa shape index (κ2) is 17.7. The Labute approximate surface area is 369 Å². The molecule has 4 N–H and O–H groups in total. The van der Waals surface area contributed by atoms with Gasteiger partial charge in [0.1, 0.15) is 36.1 Å². The number of H-pyrrole nitrogens is 2. The van der Waals surface area contributed by atoms with Gasteiger partial charge in [0, 0.05) is 42.8 Å². The van der Waals surface area contributed by atoms with E-state index in [4.69, 9.17) is 45.3 Å². The lowest BCUT2D eigenvalue weighted by molar-refractivity contribution is -0.140. The van der Waals surface area contributed by atoms with Crippen molar-refractivity contribution >= 4 is 57.4 Å². The zero-order chi connectivity index (χ0) is 44.9. The van der Waals surface area contributed by atoms with Gasteiger partial charge in [-0.05, 0) is 94.2 Å². The topological polar surface area (TPSA) is 202 Å². The average Bonchev–Trinajstić information content (AvgIpc) is 4.10. The Morgan fingerprint density at radius 2 is 1.35 bits per heavy atom. The van der Waals surface area contributed by atoms with Crippen molar-refractivity contribution in [3.63, 3.8) is 0 Å². The summed E-state index contributed by atoms with van der Waals surface area (Å²) in [6.45, 7) is 7.74. The van der Waals surface area contributed by atoms with Crippen LogP contribution in [0.3, 0.4) is 0 Å². The third kappa shape index (κ3) is 8.01. The van der Waals surface area contributed by atoms with Crippen LogP contribution in [0, 0.1) is 0 Å². The molecule has 1 unspecified atom stereocenters. The van der Waals surface area contributed by atoms with Gasteiger partial charge in [-0.2, -0.15) is 0 Å². The van der Waals surface area contributed by atoms with Crippen LogP contribution in [0.25, 0.3) is 44.2 Å². The largest absolute Gasteiger partial charge is 0.488 e. The van der Waals surface area contributed by atoms with Gasteiger partial charge in [0.2, 0.25) is 11.8 Å². The Balaban J connectivity index is 1.06. The number of aromatic amines is 2. The molecule has 3 aliphatic heterocycles. The summed E-state index contributed by atoms with van der Waals surface area (Å²) in [5.74, 6) is 1.37. The van der Waals surface area contributed by atoms with Crippen LogP contribution in [0.5, 0.6) is 5.75 Å². The van der Waals surface area contributed by atoms with E-state index < -0.39 is 42.5 Å². The molecule has 0 aliphatic carbocycles. The van der Waals surface area contributed by atoms with Crippen LogP contribution in [0.15, 0.2) is 42.5 Å². The predicted octanol–water partition coefficient (Wildman–Crippen LogP) is 6.94. The quantitative estimate of drug-likeness (QED) is 0.107. The summed E-state index contributed by atoms with van der Waals surface area (Å²) in [5.41, 5.74) is 5.97. The lowest BCUT2D eigenvalue weighted by Gasteiger charge is -2.33. The Morgan fingerprint density at radius 3 is 1.92 bits per heavy atom. The summed E-state index contributed by atoms with van der Waals surface area (Å²) in [6, 6.07) is 11.4. The molecule has 0 bridgehead atoms. The minimum atomic E-state index is -0.967. The molecule has 17 nitrogen and oxygen atoms in total. The number of methoxy groups -OCH3 is 4. The molecule has 2 aromatic heterocycles. The molecule has 63 heavy (non-hydrogen) atoms. The summed E-state index contributed by atoms with van der Waals surface area (Å²) in [4.78, 5) is 72.7. The normalized spacial score (nSPS) is 21.3. The lowest BCUT2D eigenvalue weighted by Crippen LogP contribution is -2.55. The van der Waals surface area contributed by atoms with Crippen molar-refractivity contribution in [1.29, 1.82) is 0 Å². The fourth-order valence-electron chi connectivity index (χ4n) is 9.32. The zero-order valence-electron chi connectivity index (χ0n) is 36.5. The molecular weight excluding hydrogens is 832 g/mol. The van der Waals surface area contributed by atoms with Crippen molar-refractivity contribution in [1.82, 2.24) is 40.4 Å². The van der Waals surface area contributed by atoms with E-state index in [9.17, 15) is 19.2 Å². The fourth-order valence-corrected chi connectivity index (χ4v) is 9.56. The van der Waals surface area contributed by atoms with Crippen LogP contribution in [0.4, 0.5) is 9.59 Å². The molecule has 2 fully saturated rings. The van der Waals surface area contributed by atoms with Crippen LogP contribution in [-0.4, -0.2) is 119 Å². The summed E-state index contributed by atoms with van der Waals surface area (Å²) in [5, 5.41) is 7.48. The van der Waals surface area contributed by atoms with E-state index in [0.29, 0.717) is 36.8 Å². The third-order valence-electron chi connectivity index (χ3n) is 12.9. The summed E-state index contributed by atoms with van der Waals surface area (Å²) >= 11 is 6.83. The molecule has 5 aromatic rings. The molecule has 8 rings (SSSR count). The maximum absolute atomic E-state index is 14.1. The standard InChI is InChI=1S/C45H53ClN8O9/c1-21-9-15-32(53(21)42(55)35(23(3)59-5)50-44(57)61-7)40-47-31-14-12-25-18-30-28-13-11-26(17-27(28)20-63-34(30)19-29(25)38(31)49-40)37-39(46)52-41(48-37)33-16-10-22(2)54(33)43(56)36(24(4)60-6)51-45(58)62-8/h11-14,17-19,21-24,32-33,35-36H,9-10,15-16,20H2,1-8H3,(H,47,49)(H,48,52)(H,50,57)(H,51,58)/t21-,22-,23+,24+,32-,33-,35?,36-/m0/s1. The number of rotatable bonds is 11. The lowest BCUT2D eigenvalue weighted by atomic mass is 9.92. The third-order valence-corrected chi connectivity index (χ3v) is 13.2. The molecule has 0 saturated carbocycles.